The normalized spacial score (nSPS) is 10.8. The van der Waals surface area contributed by atoms with Crippen LogP contribution in [0.5, 0.6) is 0 Å². The van der Waals surface area contributed by atoms with Gasteiger partial charge in [-0.1, -0.05) is 12.8 Å². The molecule has 0 saturated heterocycles. The Balaban J connectivity index is 2.65. The summed E-state index contributed by atoms with van der Waals surface area (Å²) in [6.45, 7) is 4.51. The van der Waals surface area contributed by atoms with Gasteiger partial charge in [-0.15, -0.1) is 11.6 Å². The van der Waals surface area contributed by atoms with E-state index in [1.165, 1.54) is 0 Å². The highest BCUT2D eigenvalue weighted by atomic mass is 79.9. The van der Waals surface area contributed by atoms with Crippen molar-refractivity contribution in [2.45, 2.75) is 46.1 Å². The van der Waals surface area contributed by atoms with Gasteiger partial charge in [0, 0.05) is 18.1 Å². The van der Waals surface area contributed by atoms with Gasteiger partial charge in [-0.05, 0) is 42.6 Å². The molecule has 0 saturated carbocycles. The predicted octanol–water partition coefficient (Wildman–Crippen LogP) is 3.42. The Labute approximate surface area is 115 Å². The fourth-order valence-electron chi connectivity index (χ4n) is 1.76. The predicted molar refractivity (Wildman–Crippen MR) is 74.9 cm³/mol. The summed E-state index contributed by atoms with van der Waals surface area (Å²) in [5.41, 5.74) is 1.56. The van der Waals surface area contributed by atoms with Gasteiger partial charge in [0.2, 0.25) is 0 Å². The third kappa shape index (κ3) is 4.11. The first-order valence-corrected chi connectivity index (χ1v) is 7.20. The summed E-state index contributed by atoms with van der Waals surface area (Å²) in [4.78, 5) is 15.7. The molecule has 1 rings (SSSR count). The summed E-state index contributed by atoms with van der Waals surface area (Å²) in [6, 6.07) is 0. The number of hydrogen-bond donors (Lipinski definition) is 0. The molecule has 1 aromatic rings. The van der Waals surface area contributed by atoms with E-state index in [1.807, 2.05) is 13.8 Å². The summed E-state index contributed by atoms with van der Waals surface area (Å²) >= 11 is 9.07. The molecule has 0 unspecified atom stereocenters. The van der Waals surface area contributed by atoms with Crippen molar-refractivity contribution in [2.75, 3.05) is 5.88 Å². The van der Waals surface area contributed by atoms with Crippen LogP contribution in [-0.4, -0.2) is 15.4 Å². The minimum atomic E-state index is -0.152. The highest BCUT2D eigenvalue weighted by Gasteiger charge is 2.08. The van der Waals surface area contributed by atoms with Crippen LogP contribution in [0.3, 0.4) is 0 Å². The van der Waals surface area contributed by atoms with Crippen LogP contribution < -0.4 is 5.69 Å². The van der Waals surface area contributed by atoms with Crippen molar-refractivity contribution in [3.8, 4) is 0 Å². The van der Waals surface area contributed by atoms with Crippen LogP contribution in [0.15, 0.2) is 9.27 Å². The van der Waals surface area contributed by atoms with Crippen LogP contribution in [0.4, 0.5) is 0 Å². The van der Waals surface area contributed by atoms with Crippen LogP contribution >= 0.6 is 27.5 Å². The molecule has 3 nitrogen and oxygen atoms in total. The van der Waals surface area contributed by atoms with Crippen molar-refractivity contribution in [3.05, 3.63) is 26.3 Å². The van der Waals surface area contributed by atoms with Crippen LogP contribution in [0, 0.1) is 13.8 Å². The van der Waals surface area contributed by atoms with E-state index in [4.69, 9.17) is 11.6 Å². The number of unbranched alkanes of at least 4 members (excludes halogenated alkanes) is 3. The fourth-order valence-corrected chi connectivity index (χ4v) is 2.25. The fraction of sp³-hybridized carbons (Fsp3) is 0.667. The van der Waals surface area contributed by atoms with Gasteiger partial charge in [-0.2, -0.15) is 4.98 Å². The first kappa shape index (κ1) is 14.7. The summed E-state index contributed by atoms with van der Waals surface area (Å²) in [7, 11) is 0. The minimum absolute atomic E-state index is 0.152. The zero-order chi connectivity index (χ0) is 12.8. The van der Waals surface area contributed by atoms with Crippen molar-refractivity contribution >= 4 is 27.5 Å². The van der Waals surface area contributed by atoms with Crippen LogP contribution in [-0.2, 0) is 6.54 Å². The van der Waals surface area contributed by atoms with Crippen molar-refractivity contribution in [3.63, 3.8) is 0 Å². The molecule has 0 aliphatic heterocycles. The second-order valence-corrected chi connectivity index (χ2v) is 5.30. The molecule has 0 amide bonds. The maximum atomic E-state index is 11.7. The molecule has 0 fully saturated rings. The Morgan fingerprint density at radius 3 is 2.53 bits per heavy atom. The number of halogens is 2. The van der Waals surface area contributed by atoms with Crippen LogP contribution in [0.25, 0.3) is 0 Å². The van der Waals surface area contributed by atoms with Gasteiger partial charge in [0.1, 0.15) is 0 Å². The third-order valence-electron chi connectivity index (χ3n) is 2.80. The maximum Gasteiger partial charge on any atom is 0.348 e. The molecule has 0 radical (unpaired) electrons. The van der Waals surface area contributed by atoms with E-state index in [0.29, 0.717) is 0 Å². The van der Waals surface area contributed by atoms with Gasteiger partial charge in [0.15, 0.2) is 0 Å². The Morgan fingerprint density at radius 1 is 1.24 bits per heavy atom. The zero-order valence-electron chi connectivity index (χ0n) is 10.3. The number of hydrogen-bond acceptors (Lipinski definition) is 2. The summed E-state index contributed by atoms with van der Waals surface area (Å²) in [6.07, 6.45) is 4.27. The SMILES string of the molecule is Cc1nc(=O)n(CCCCCCCl)c(C)c1Br. The van der Waals surface area contributed by atoms with E-state index < -0.39 is 0 Å². The second-order valence-electron chi connectivity index (χ2n) is 4.13. The summed E-state index contributed by atoms with van der Waals surface area (Å²) in [5, 5.41) is 0. The molecule has 0 aliphatic rings. The monoisotopic (exact) mass is 320 g/mol. The van der Waals surface area contributed by atoms with Gasteiger partial charge >= 0.3 is 5.69 Å². The molecule has 17 heavy (non-hydrogen) atoms. The van der Waals surface area contributed by atoms with Crippen LogP contribution in [0.2, 0.25) is 0 Å². The van der Waals surface area contributed by atoms with Gasteiger partial charge in [-0.25, -0.2) is 4.79 Å². The third-order valence-corrected chi connectivity index (χ3v) is 4.21. The quantitative estimate of drug-likeness (QED) is 0.594. The van der Waals surface area contributed by atoms with E-state index in [2.05, 4.69) is 20.9 Å². The van der Waals surface area contributed by atoms with E-state index >= 15 is 0 Å². The first-order chi connectivity index (χ1) is 8.07. The van der Waals surface area contributed by atoms with Crippen LogP contribution in [0.1, 0.15) is 37.1 Å². The molecule has 0 spiro atoms. The topological polar surface area (TPSA) is 34.9 Å². The summed E-state index contributed by atoms with van der Waals surface area (Å²) < 4.78 is 2.66. The van der Waals surface area contributed by atoms with Gasteiger partial charge < -0.3 is 0 Å². The molecule has 0 bridgehead atoms. The molecule has 1 heterocycles. The van der Waals surface area contributed by atoms with Gasteiger partial charge in [0.05, 0.1) is 10.2 Å². The first-order valence-electron chi connectivity index (χ1n) is 5.87. The Kier molecular flexibility index (Phi) is 6.20. The number of aryl methyl sites for hydroxylation is 1. The lowest BCUT2D eigenvalue weighted by Crippen LogP contribution is -2.26. The van der Waals surface area contributed by atoms with Gasteiger partial charge in [-0.3, -0.25) is 4.57 Å². The highest BCUT2D eigenvalue weighted by molar-refractivity contribution is 9.10. The van der Waals surface area contributed by atoms with E-state index in [9.17, 15) is 4.79 Å². The summed E-state index contributed by atoms with van der Waals surface area (Å²) in [5.74, 6) is 0.719. The lowest BCUT2D eigenvalue weighted by atomic mass is 10.2. The van der Waals surface area contributed by atoms with Crippen molar-refractivity contribution in [2.24, 2.45) is 0 Å². The molecular weight excluding hydrogens is 304 g/mol. The largest absolute Gasteiger partial charge is 0.348 e. The maximum absolute atomic E-state index is 11.7. The van der Waals surface area contributed by atoms with Gasteiger partial charge in [0.25, 0.3) is 0 Å². The Hall–Kier alpha value is -0.350. The van der Waals surface area contributed by atoms with E-state index in [-0.39, 0.29) is 5.69 Å². The second kappa shape index (κ2) is 7.17. The Bertz CT molecular complexity index is 431. The minimum Gasteiger partial charge on any atom is -0.295 e. The molecule has 0 aliphatic carbocycles. The average Bonchev–Trinajstić information content (AvgIpc) is 2.30. The number of alkyl halides is 1. The lowest BCUT2D eigenvalue weighted by molar-refractivity contribution is 0.549. The number of aromatic nitrogens is 2. The number of rotatable bonds is 6. The molecule has 1 aromatic heterocycles. The molecule has 0 N–H and O–H groups in total. The van der Waals surface area contributed by atoms with Crippen molar-refractivity contribution in [1.29, 1.82) is 0 Å². The molecular formula is C12H18BrClN2O. The smallest absolute Gasteiger partial charge is 0.295 e. The van der Waals surface area contributed by atoms with Crippen molar-refractivity contribution < 1.29 is 0 Å². The van der Waals surface area contributed by atoms with E-state index in [0.717, 1.165) is 54.0 Å². The highest BCUT2D eigenvalue weighted by Crippen LogP contribution is 2.17. The molecule has 0 atom stereocenters. The van der Waals surface area contributed by atoms with Crippen molar-refractivity contribution in [1.82, 2.24) is 9.55 Å². The number of nitrogens with zero attached hydrogens (tertiary/aromatic N) is 2. The average molecular weight is 322 g/mol. The Morgan fingerprint density at radius 2 is 1.88 bits per heavy atom. The molecule has 0 aromatic carbocycles. The zero-order valence-corrected chi connectivity index (χ0v) is 12.6. The lowest BCUT2D eigenvalue weighted by Gasteiger charge is -2.11. The standard InChI is InChI=1S/C12H18BrClN2O/c1-9-11(13)10(2)16(12(17)15-9)8-6-4-3-5-7-14/h3-8H2,1-2H3. The van der Waals surface area contributed by atoms with E-state index in [1.54, 1.807) is 4.57 Å². The molecule has 96 valence electrons. The molecule has 5 heteroatoms.